The summed E-state index contributed by atoms with van der Waals surface area (Å²) in [6.45, 7) is 3.28. The zero-order valence-electron chi connectivity index (χ0n) is 21.4. The molecule has 2 aliphatic rings. The first-order chi connectivity index (χ1) is 19.0. The van der Waals surface area contributed by atoms with Gasteiger partial charge in [0.25, 0.3) is 5.91 Å². The zero-order chi connectivity index (χ0) is 26.8. The predicted molar refractivity (Wildman–Crippen MR) is 144 cm³/mol. The third kappa shape index (κ3) is 5.20. The topological polar surface area (TPSA) is 54.5 Å². The summed E-state index contributed by atoms with van der Waals surface area (Å²) in [5.74, 6) is -2.16. The van der Waals surface area contributed by atoms with Gasteiger partial charge in [-0.15, -0.1) is 0 Å². The van der Waals surface area contributed by atoms with E-state index in [0.29, 0.717) is 17.7 Å². The van der Waals surface area contributed by atoms with E-state index in [4.69, 9.17) is 4.74 Å². The highest BCUT2D eigenvalue weighted by Crippen LogP contribution is 2.43. The number of rotatable bonds is 6. The number of amides is 1. The molecule has 0 aliphatic carbocycles. The molecule has 1 saturated heterocycles. The predicted octanol–water partition coefficient (Wildman–Crippen LogP) is 5.90. The number of nitrogens with zero attached hydrogens (tertiary/aromatic N) is 2. The molecule has 1 aromatic heterocycles. The van der Waals surface area contributed by atoms with Crippen LogP contribution in [0.1, 0.15) is 57.1 Å². The Morgan fingerprint density at radius 3 is 2.44 bits per heavy atom. The number of carbonyl (C=O) groups excluding carboxylic acids is 1. The first-order valence-corrected chi connectivity index (χ1v) is 13.2. The summed E-state index contributed by atoms with van der Waals surface area (Å²) in [5.41, 5.74) is 5.14. The second-order valence-electron chi connectivity index (χ2n) is 10.3. The Morgan fingerprint density at radius 1 is 0.949 bits per heavy atom. The van der Waals surface area contributed by atoms with Crippen LogP contribution in [0.25, 0.3) is 0 Å². The van der Waals surface area contributed by atoms with Gasteiger partial charge >= 0.3 is 0 Å². The standard InChI is InChI=1S/C32H29F2N3O2/c33-28-11-10-25(18-29(28)34)30(36-31(38)24-4-2-1-3-5-24)23-8-6-22(7-9-23)20-37-16-13-32(14-17-37)27-19-35-15-12-26(27)21-39-32/h1-12,15,18-19,30H,13-14,16-17,20-21H2,(H,36,38). The van der Waals surface area contributed by atoms with E-state index < -0.39 is 17.7 Å². The molecule has 7 heteroatoms. The van der Waals surface area contributed by atoms with Gasteiger partial charge in [0.05, 0.1) is 18.2 Å². The largest absolute Gasteiger partial charge is 0.365 e. The van der Waals surface area contributed by atoms with E-state index in [1.54, 1.807) is 24.3 Å². The first kappa shape index (κ1) is 25.3. The first-order valence-electron chi connectivity index (χ1n) is 13.2. The van der Waals surface area contributed by atoms with Gasteiger partial charge in [-0.1, -0.05) is 48.5 Å². The lowest BCUT2D eigenvalue weighted by atomic mass is 9.84. The van der Waals surface area contributed by atoms with E-state index in [2.05, 4.69) is 15.2 Å². The van der Waals surface area contributed by atoms with Gasteiger partial charge in [0, 0.05) is 43.2 Å². The van der Waals surface area contributed by atoms with Gasteiger partial charge in [-0.3, -0.25) is 14.7 Å². The Balaban J connectivity index is 1.16. The van der Waals surface area contributed by atoms with Crippen LogP contribution in [0.15, 0.2) is 91.3 Å². The fraction of sp³-hybridized carbons (Fsp3) is 0.250. The molecule has 1 amide bonds. The number of pyridine rings is 1. The SMILES string of the molecule is O=C(NC(c1ccc(CN2CCC3(CC2)OCc2ccncc23)cc1)c1ccc(F)c(F)c1)c1ccccc1. The van der Waals surface area contributed by atoms with Crippen LogP contribution in [-0.4, -0.2) is 28.9 Å². The molecule has 1 N–H and O–H groups in total. The number of benzene rings is 3. The number of piperidine rings is 1. The maximum Gasteiger partial charge on any atom is 0.252 e. The van der Waals surface area contributed by atoms with Gasteiger partial charge in [-0.25, -0.2) is 8.78 Å². The smallest absolute Gasteiger partial charge is 0.252 e. The van der Waals surface area contributed by atoms with Gasteiger partial charge < -0.3 is 10.1 Å². The molecular formula is C32H29F2N3O2. The van der Waals surface area contributed by atoms with Crippen LogP contribution in [0.4, 0.5) is 8.78 Å². The molecule has 0 saturated carbocycles. The lowest BCUT2D eigenvalue weighted by molar-refractivity contribution is -0.0800. The number of carbonyl (C=O) groups is 1. The van der Waals surface area contributed by atoms with Gasteiger partial charge in [0.2, 0.25) is 0 Å². The third-order valence-corrected chi connectivity index (χ3v) is 7.88. The van der Waals surface area contributed by atoms with Crippen molar-refractivity contribution in [1.82, 2.24) is 15.2 Å². The van der Waals surface area contributed by atoms with Crippen molar-refractivity contribution in [3.63, 3.8) is 0 Å². The summed E-state index contributed by atoms with van der Waals surface area (Å²) in [4.78, 5) is 19.7. The Bertz CT molecular complexity index is 1470. The molecule has 6 rings (SSSR count). The molecule has 0 bridgehead atoms. The van der Waals surface area contributed by atoms with E-state index in [1.807, 2.05) is 48.8 Å². The molecule has 1 unspecified atom stereocenters. The molecule has 1 atom stereocenters. The number of likely N-dealkylation sites (tertiary alicyclic amines) is 1. The molecular weight excluding hydrogens is 496 g/mol. The van der Waals surface area contributed by atoms with Gasteiger partial charge in [0.1, 0.15) is 0 Å². The van der Waals surface area contributed by atoms with Crippen LogP contribution < -0.4 is 5.32 Å². The average molecular weight is 526 g/mol. The fourth-order valence-corrected chi connectivity index (χ4v) is 5.67. The number of ether oxygens (including phenoxy) is 1. The maximum absolute atomic E-state index is 14.1. The van der Waals surface area contributed by atoms with Gasteiger partial charge in [-0.05, 0) is 65.4 Å². The summed E-state index contributed by atoms with van der Waals surface area (Å²) in [7, 11) is 0. The number of nitrogens with one attached hydrogen (secondary N) is 1. The lowest BCUT2D eigenvalue weighted by Crippen LogP contribution is -2.42. The molecule has 5 nitrogen and oxygen atoms in total. The zero-order valence-corrected chi connectivity index (χ0v) is 21.4. The Labute approximate surface area is 226 Å². The van der Waals surface area contributed by atoms with Crippen LogP contribution in [0.5, 0.6) is 0 Å². The summed E-state index contributed by atoms with van der Waals surface area (Å²) in [6.07, 6.45) is 5.63. The van der Waals surface area contributed by atoms with Crippen molar-refractivity contribution < 1.29 is 18.3 Å². The lowest BCUT2D eigenvalue weighted by Gasteiger charge is -2.39. The molecule has 1 spiro atoms. The average Bonchev–Trinajstić information content (AvgIpc) is 3.33. The molecule has 4 aromatic rings. The molecule has 0 radical (unpaired) electrons. The summed E-state index contributed by atoms with van der Waals surface area (Å²) < 4.78 is 34.0. The van der Waals surface area contributed by atoms with E-state index in [1.165, 1.54) is 17.2 Å². The highest BCUT2D eigenvalue weighted by atomic mass is 19.2. The third-order valence-electron chi connectivity index (χ3n) is 7.88. The van der Waals surface area contributed by atoms with Crippen molar-refractivity contribution in [3.8, 4) is 0 Å². The minimum Gasteiger partial charge on any atom is -0.365 e. The highest BCUT2D eigenvalue weighted by Gasteiger charge is 2.42. The minimum absolute atomic E-state index is 0.224. The van der Waals surface area contributed by atoms with E-state index in [9.17, 15) is 13.6 Å². The van der Waals surface area contributed by atoms with Crippen molar-refractivity contribution in [3.05, 3.63) is 136 Å². The normalized spacial score (nSPS) is 17.1. The van der Waals surface area contributed by atoms with Crippen molar-refractivity contribution in [1.29, 1.82) is 0 Å². The summed E-state index contributed by atoms with van der Waals surface area (Å²) >= 11 is 0. The second kappa shape index (κ2) is 10.7. The van der Waals surface area contributed by atoms with Gasteiger partial charge in [-0.2, -0.15) is 0 Å². The Hall–Kier alpha value is -3.94. The number of aromatic nitrogens is 1. The number of fused-ring (bicyclic) bond motifs is 2. The minimum atomic E-state index is -0.949. The van der Waals surface area contributed by atoms with Crippen LogP contribution in [0, 0.1) is 11.6 Å². The van der Waals surface area contributed by atoms with Gasteiger partial charge in [0.15, 0.2) is 11.6 Å². The van der Waals surface area contributed by atoms with Crippen molar-refractivity contribution in [2.75, 3.05) is 13.1 Å². The Morgan fingerprint density at radius 2 is 1.69 bits per heavy atom. The quantitative estimate of drug-likeness (QED) is 0.341. The van der Waals surface area contributed by atoms with Crippen molar-refractivity contribution >= 4 is 5.91 Å². The van der Waals surface area contributed by atoms with E-state index >= 15 is 0 Å². The summed E-state index contributed by atoms with van der Waals surface area (Å²) in [6, 6.07) is 21.9. The Kier molecular flexibility index (Phi) is 6.94. The molecule has 198 valence electrons. The fourth-order valence-electron chi connectivity index (χ4n) is 5.67. The molecule has 3 aromatic carbocycles. The molecule has 3 heterocycles. The molecule has 1 fully saturated rings. The summed E-state index contributed by atoms with van der Waals surface area (Å²) in [5, 5.41) is 2.99. The van der Waals surface area contributed by atoms with Crippen LogP contribution in [0.3, 0.4) is 0 Å². The van der Waals surface area contributed by atoms with Crippen LogP contribution in [-0.2, 0) is 23.5 Å². The number of halogens is 2. The molecule has 2 aliphatic heterocycles. The van der Waals surface area contributed by atoms with Crippen molar-refractivity contribution in [2.24, 2.45) is 0 Å². The highest BCUT2D eigenvalue weighted by molar-refractivity contribution is 5.94. The number of hydrogen-bond acceptors (Lipinski definition) is 4. The number of hydrogen-bond donors (Lipinski definition) is 1. The van der Waals surface area contributed by atoms with E-state index in [-0.39, 0.29) is 11.5 Å². The van der Waals surface area contributed by atoms with E-state index in [0.717, 1.165) is 55.7 Å². The van der Waals surface area contributed by atoms with Crippen molar-refractivity contribution in [2.45, 2.75) is 37.6 Å². The maximum atomic E-state index is 14.1. The van der Waals surface area contributed by atoms with Crippen LogP contribution in [0.2, 0.25) is 0 Å². The van der Waals surface area contributed by atoms with Crippen LogP contribution >= 0.6 is 0 Å². The second-order valence-corrected chi connectivity index (χ2v) is 10.3. The molecule has 39 heavy (non-hydrogen) atoms. The monoisotopic (exact) mass is 525 g/mol.